The lowest BCUT2D eigenvalue weighted by molar-refractivity contribution is 0.202. The Bertz CT molecular complexity index is 948. The topological polar surface area (TPSA) is 91.5 Å². The van der Waals surface area contributed by atoms with Crippen molar-refractivity contribution in [2.24, 2.45) is 0 Å². The maximum atomic E-state index is 12.4. The molecule has 8 heteroatoms. The van der Waals surface area contributed by atoms with Gasteiger partial charge in [-0.2, -0.15) is 8.42 Å². The van der Waals surface area contributed by atoms with Crippen LogP contribution in [-0.4, -0.2) is 32.3 Å². The summed E-state index contributed by atoms with van der Waals surface area (Å²) in [6.07, 6.45) is 1.94. The molecule has 0 radical (unpaired) electrons. The summed E-state index contributed by atoms with van der Waals surface area (Å²) in [6.45, 7) is 2.31. The second-order valence-corrected chi connectivity index (χ2v) is 6.76. The minimum Gasteiger partial charge on any atom is -0.384 e. The maximum Gasteiger partial charge on any atom is 0.340 e. The molecule has 0 saturated heterocycles. The number of aromatic nitrogens is 2. The zero-order chi connectivity index (χ0) is 17.2. The van der Waals surface area contributed by atoms with Crippen molar-refractivity contribution < 1.29 is 21.9 Å². The standard InChI is InChI=1S/C16H16N2O5S/c1-11-15-9-14(10-17-16(15)22-18-11)24(19,20)23-13-5-3-12(4-6-13)7-8-21-2/h3-6,9-10H,7-8H2,1-2H3. The molecule has 2 aromatic heterocycles. The molecule has 0 N–H and O–H groups in total. The Labute approximate surface area is 139 Å². The van der Waals surface area contributed by atoms with Gasteiger partial charge >= 0.3 is 10.1 Å². The van der Waals surface area contributed by atoms with Crippen LogP contribution in [-0.2, 0) is 21.3 Å². The molecule has 0 saturated carbocycles. The number of aryl methyl sites for hydroxylation is 1. The monoisotopic (exact) mass is 348 g/mol. The van der Waals surface area contributed by atoms with Crippen LogP contribution < -0.4 is 4.18 Å². The first-order valence-corrected chi connectivity index (χ1v) is 8.65. The Hall–Kier alpha value is -2.45. The van der Waals surface area contributed by atoms with Crippen molar-refractivity contribution in [1.82, 2.24) is 10.1 Å². The molecular formula is C16H16N2O5S. The third-order valence-corrected chi connectivity index (χ3v) is 4.71. The van der Waals surface area contributed by atoms with E-state index in [1.165, 1.54) is 12.3 Å². The number of rotatable bonds is 6. The van der Waals surface area contributed by atoms with E-state index in [9.17, 15) is 8.42 Å². The van der Waals surface area contributed by atoms with E-state index in [0.29, 0.717) is 17.7 Å². The molecule has 3 rings (SSSR count). The Kier molecular flexibility index (Phi) is 4.50. The molecule has 0 amide bonds. The van der Waals surface area contributed by atoms with Crippen LogP contribution in [0.1, 0.15) is 11.3 Å². The summed E-state index contributed by atoms with van der Waals surface area (Å²) in [5.74, 6) is 0.235. The minimum absolute atomic E-state index is 0.0511. The van der Waals surface area contributed by atoms with Crippen molar-refractivity contribution in [3.63, 3.8) is 0 Å². The molecule has 0 aliphatic rings. The van der Waals surface area contributed by atoms with Gasteiger partial charge in [0, 0.05) is 7.11 Å². The molecular weight excluding hydrogens is 332 g/mol. The van der Waals surface area contributed by atoms with Gasteiger partial charge in [-0.1, -0.05) is 17.3 Å². The van der Waals surface area contributed by atoms with Crippen molar-refractivity contribution in [3.8, 4) is 5.75 Å². The average molecular weight is 348 g/mol. The van der Waals surface area contributed by atoms with E-state index in [-0.39, 0.29) is 16.4 Å². The number of nitrogens with zero attached hydrogens (tertiary/aromatic N) is 2. The van der Waals surface area contributed by atoms with Crippen LogP contribution in [0.5, 0.6) is 5.75 Å². The summed E-state index contributed by atoms with van der Waals surface area (Å²) in [6, 6.07) is 8.26. The second-order valence-electron chi connectivity index (χ2n) is 5.22. The lowest BCUT2D eigenvalue weighted by atomic mass is 10.1. The van der Waals surface area contributed by atoms with Gasteiger partial charge in [-0.25, -0.2) is 4.98 Å². The van der Waals surface area contributed by atoms with Crippen LogP contribution in [0.15, 0.2) is 45.9 Å². The molecule has 0 spiro atoms. The van der Waals surface area contributed by atoms with Gasteiger partial charge in [0.1, 0.15) is 10.6 Å². The fourth-order valence-corrected chi connectivity index (χ4v) is 3.07. The minimum atomic E-state index is -3.99. The van der Waals surface area contributed by atoms with Gasteiger partial charge in [-0.05, 0) is 37.1 Å². The van der Waals surface area contributed by atoms with Crippen molar-refractivity contribution >= 4 is 21.2 Å². The van der Waals surface area contributed by atoms with Crippen molar-refractivity contribution in [2.45, 2.75) is 18.2 Å². The molecule has 0 atom stereocenters. The molecule has 0 aliphatic carbocycles. The van der Waals surface area contributed by atoms with Crippen molar-refractivity contribution in [1.29, 1.82) is 0 Å². The molecule has 0 unspecified atom stereocenters. The van der Waals surface area contributed by atoms with Crippen LogP contribution in [0.4, 0.5) is 0 Å². The number of pyridine rings is 1. The summed E-state index contributed by atoms with van der Waals surface area (Å²) in [4.78, 5) is 3.90. The number of methoxy groups -OCH3 is 1. The summed E-state index contributed by atoms with van der Waals surface area (Å²) < 4.78 is 39.9. The van der Waals surface area contributed by atoms with Crippen LogP contribution in [0.25, 0.3) is 11.1 Å². The average Bonchev–Trinajstić information content (AvgIpc) is 2.95. The first-order valence-electron chi connectivity index (χ1n) is 7.24. The molecule has 1 aromatic carbocycles. The maximum absolute atomic E-state index is 12.4. The Morgan fingerprint density at radius 1 is 1.21 bits per heavy atom. The number of hydrogen-bond acceptors (Lipinski definition) is 7. The Balaban J connectivity index is 1.83. The number of hydrogen-bond donors (Lipinski definition) is 0. The normalized spacial score (nSPS) is 11.8. The Morgan fingerprint density at radius 2 is 1.96 bits per heavy atom. The lowest BCUT2D eigenvalue weighted by Gasteiger charge is -2.07. The SMILES string of the molecule is COCCc1ccc(OS(=O)(=O)c2cnc3onc(C)c3c2)cc1. The molecule has 0 fully saturated rings. The van der Waals surface area contributed by atoms with E-state index in [1.807, 2.05) is 0 Å². The third kappa shape index (κ3) is 3.39. The second kappa shape index (κ2) is 6.58. The highest BCUT2D eigenvalue weighted by molar-refractivity contribution is 7.87. The van der Waals surface area contributed by atoms with Gasteiger partial charge in [0.15, 0.2) is 0 Å². The highest BCUT2D eigenvalue weighted by atomic mass is 32.2. The van der Waals surface area contributed by atoms with Crippen molar-refractivity contribution in [2.75, 3.05) is 13.7 Å². The smallest absolute Gasteiger partial charge is 0.340 e. The largest absolute Gasteiger partial charge is 0.384 e. The zero-order valence-electron chi connectivity index (χ0n) is 13.2. The van der Waals surface area contributed by atoms with Crippen LogP contribution in [0.3, 0.4) is 0 Å². The highest BCUT2D eigenvalue weighted by Gasteiger charge is 2.19. The van der Waals surface area contributed by atoms with E-state index in [1.54, 1.807) is 38.3 Å². The lowest BCUT2D eigenvalue weighted by Crippen LogP contribution is -2.10. The molecule has 3 aromatic rings. The highest BCUT2D eigenvalue weighted by Crippen LogP contribution is 2.23. The van der Waals surface area contributed by atoms with Gasteiger partial charge < -0.3 is 13.4 Å². The van der Waals surface area contributed by atoms with Gasteiger partial charge in [0.05, 0.1) is 23.9 Å². The van der Waals surface area contributed by atoms with E-state index in [0.717, 1.165) is 12.0 Å². The third-order valence-electron chi connectivity index (χ3n) is 3.50. The van der Waals surface area contributed by atoms with Gasteiger partial charge in [0.25, 0.3) is 5.71 Å². The van der Waals surface area contributed by atoms with E-state index >= 15 is 0 Å². The Morgan fingerprint density at radius 3 is 2.67 bits per heavy atom. The summed E-state index contributed by atoms with van der Waals surface area (Å²) in [7, 11) is -2.35. The molecule has 0 bridgehead atoms. The van der Waals surface area contributed by atoms with E-state index in [2.05, 4.69) is 10.1 Å². The van der Waals surface area contributed by atoms with Gasteiger partial charge in [-0.15, -0.1) is 0 Å². The molecule has 24 heavy (non-hydrogen) atoms. The van der Waals surface area contributed by atoms with E-state index in [4.69, 9.17) is 13.4 Å². The molecule has 126 valence electrons. The fraction of sp³-hybridized carbons (Fsp3) is 0.250. The summed E-state index contributed by atoms with van der Waals surface area (Å²) in [5, 5.41) is 4.29. The van der Waals surface area contributed by atoms with Crippen LogP contribution in [0.2, 0.25) is 0 Å². The van der Waals surface area contributed by atoms with Crippen LogP contribution in [0, 0.1) is 6.92 Å². The van der Waals surface area contributed by atoms with Crippen molar-refractivity contribution in [3.05, 3.63) is 47.8 Å². The number of fused-ring (bicyclic) bond motifs is 1. The predicted octanol–water partition coefficient (Wildman–Crippen LogP) is 2.49. The van der Waals surface area contributed by atoms with Crippen LogP contribution >= 0.6 is 0 Å². The predicted molar refractivity (Wildman–Crippen MR) is 86.4 cm³/mol. The molecule has 0 aliphatic heterocycles. The molecule has 7 nitrogen and oxygen atoms in total. The quantitative estimate of drug-likeness (QED) is 0.632. The number of ether oxygens (including phenoxy) is 1. The van der Waals surface area contributed by atoms with Gasteiger partial charge in [0.2, 0.25) is 0 Å². The summed E-state index contributed by atoms with van der Waals surface area (Å²) in [5.41, 5.74) is 1.88. The fourth-order valence-electron chi connectivity index (χ4n) is 2.17. The summed E-state index contributed by atoms with van der Waals surface area (Å²) >= 11 is 0. The van der Waals surface area contributed by atoms with E-state index < -0.39 is 10.1 Å². The first kappa shape index (κ1) is 16.4. The first-order chi connectivity index (χ1) is 11.5. The molecule has 2 heterocycles. The number of benzene rings is 1. The van der Waals surface area contributed by atoms with Gasteiger partial charge in [-0.3, -0.25) is 0 Å². The zero-order valence-corrected chi connectivity index (χ0v) is 14.0.